The van der Waals surface area contributed by atoms with Gasteiger partial charge in [0.05, 0.1) is 10.9 Å². The Labute approximate surface area is 134 Å². The van der Waals surface area contributed by atoms with Crippen molar-refractivity contribution in [3.05, 3.63) is 27.7 Å². The van der Waals surface area contributed by atoms with E-state index in [1.54, 1.807) is 18.2 Å². The van der Waals surface area contributed by atoms with Crippen molar-refractivity contribution in [1.82, 2.24) is 0 Å². The maximum absolute atomic E-state index is 12.7. The second kappa shape index (κ2) is 6.57. The van der Waals surface area contributed by atoms with E-state index in [0.29, 0.717) is 28.0 Å². The molecule has 1 aliphatic carbocycles. The van der Waals surface area contributed by atoms with Crippen LogP contribution in [0.1, 0.15) is 25.7 Å². The fraction of sp³-hybridized carbons (Fsp3) is 0.500. The molecule has 0 spiro atoms. The molecule has 1 fully saturated rings. The summed E-state index contributed by atoms with van der Waals surface area (Å²) in [6.07, 6.45) is -3.34. The summed E-state index contributed by atoms with van der Waals surface area (Å²) >= 11 is 9.15. The third-order valence-electron chi connectivity index (χ3n) is 3.70. The molecule has 0 aromatic heterocycles. The summed E-state index contributed by atoms with van der Waals surface area (Å²) in [7, 11) is 0. The molecule has 1 amide bonds. The van der Waals surface area contributed by atoms with Gasteiger partial charge in [-0.2, -0.15) is 13.2 Å². The molecule has 116 valence electrons. The van der Waals surface area contributed by atoms with Crippen molar-refractivity contribution in [3.63, 3.8) is 0 Å². The molecule has 0 saturated heterocycles. The van der Waals surface area contributed by atoms with Crippen molar-refractivity contribution >= 4 is 39.1 Å². The summed E-state index contributed by atoms with van der Waals surface area (Å²) < 4.78 is 38.9. The van der Waals surface area contributed by atoms with E-state index in [0.717, 1.165) is 0 Å². The van der Waals surface area contributed by atoms with E-state index in [-0.39, 0.29) is 18.7 Å². The predicted molar refractivity (Wildman–Crippen MR) is 79.3 cm³/mol. The highest BCUT2D eigenvalue weighted by atomic mass is 79.9. The zero-order valence-corrected chi connectivity index (χ0v) is 13.4. The Morgan fingerprint density at radius 3 is 2.67 bits per heavy atom. The zero-order valence-electron chi connectivity index (χ0n) is 11.0. The van der Waals surface area contributed by atoms with Gasteiger partial charge in [0, 0.05) is 16.1 Å². The first-order valence-corrected chi connectivity index (χ1v) is 7.77. The Bertz CT molecular complexity index is 535. The van der Waals surface area contributed by atoms with Crippen LogP contribution in [0.3, 0.4) is 0 Å². The number of halogens is 5. The zero-order chi connectivity index (χ0) is 15.6. The van der Waals surface area contributed by atoms with Crippen LogP contribution in [-0.4, -0.2) is 12.1 Å². The van der Waals surface area contributed by atoms with Crippen LogP contribution in [0.2, 0.25) is 5.02 Å². The summed E-state index contributed by atoms with van der Waals surface area (Å²) in [5, 5.41) is 3.07. The number of nitrogens with one attached hydrogen (secondary N) is 1. The van der Waals surface area contributed by atoms with Crippen LogP contribution in [0.4, 0.5) is 18.9 Å². The van der Waals surface area contributed by atoms with Crippen molar-refractivity contribution < 1.29 is 18.0 Å². The van der Waals surface area contributed by atoms with Gasteiger partial charge in [-0.1, -0.05) is 18.0 Å². The second-order valence-corrected chi connectivity index (χ2v) is 6.48. The lowest BCUT2D eigenvalue weighted by atomic mass is 9.80. The van der Waals surface area contributed by atoms with Gasteiger partial charge in [0.15, 0.2) is 0 Å². The maximum atomic E-state index is 12.7. The van der Waals surface area contributed by atoms with E-state index < -0.39 is 18.0 Å². The number of benzene rings is 1. The molecule has 1 aliphatic rings. The summed E-state index contributed by atoms with van der Waals surface area (Å²) in [6, 6.07) is 4.89. The van der Waals surface area contributed by atoms with Gasteiger partial charge in [0.1, 0.15) is 0 Å². The molecular formula is C14H14BrClF3NO. The highest BCUT2D eigenvalue weighted by molar-refractivity contribution is 9.10. The summed E-state index contributed by atoms with van der Waals surface area (Å²) in [5.41, 5.74) is 0.488. The molecule has 2 unspecified atom stereocenters. The number of rotatable bonds is 2. The van der Waals surface area contributed by atoms with Gasteiger partial charge in [-0.3, -0.25) is 4.79 Å². The minimum atomic E-state index is -4.22. The minimum Gasteiger partial charge on any atom is -0.326 e. The van der Waals surface area contributed by atoms with Crippen LogP contribution in [0.15, 0.2) is 22.7 Å². The first kappa shape index (κ1) is 16.6. The van der Waals surface area contributed by atoms with Gasteiger partial charge in [-0.05, 0) is 53.4 Å². The molecule has 1 N–H and O–H groups in total. The average molecular weight is 385 g/mol. The number of anilines is 1. The molecular weight excluding hydrogens is 371 g/mol. The molecule has 0 bridgehead atoms. The molecule has 1 aromatic carbocycles. The van der Waals surface area contributed by atoms with E-state index in [1.165, 1.54) is 0 Å². The lowest BCUT2D eigenvalue weighted by molar-refractivity contribution is -0.185. The van der Waals surface area contributed by atoms with Crippen molar-refractivity contribution in [2.45, 2.75) is 31.9 Å². The highest BCUT2D eigenvalue weighted by Crippen LogP contribution is 2.40. The summed E-state index contributed by atoms with van der Waals surface area (Å²) in [6.45, 7) is 0. The Kier molecular flexibility index (Phi) is 5.20. The number of hydrogen-bond acceptors (Lipinski definition) is 1. The third kappa shape index (κ3) is 4.36. The van der Waals surface area contributed by atoms with Gasteiger partial charge in [0.2, 0.25) is 5.91 Å². The number of alkyl halides is 3. The van der Waals surface area contributed by atoms with Gasteiger partial charge in [0.25, 0.3) is 0 Å². The van der Waals surface area contributed by atoms with Crippen LogP contribution in [0, 0.1) is 11.8 Å². The molecule has 1 aromatic rings. The average Bonchev–Trinajstić information content (AvgIpc) is 2.42. The molecule has 0 radical (unpaired) electrons. The van der Waals surface area contributed by atoms with Gasteiger partial charge in [-0.25, -0.2) is 0 Å². The monoisotopic (exact) mass is 383 g/mol. The SMILES string of the molecule is O=C(Nc1ccc(Br)c(Cl)c1)C1CCCC(C(F)(F)F)C1. The predicted octanol–water partition coefficient (Wildman–Crippen LogP) is 5.41. The standard InChI is InChI=1S/C14H14BrClF3NO/c15-11-5-4-10(7-12(11)16)20-13(21)8-2-1-3-9(6-8)14(17,18)19/h4-5,7-9H,1-3,6H2,(H,20,21). The number of carbonyl (C=O) groups is 1. The Balaban J connectivity index is 2.01. The topological polar surface area (TPSA) is 29.1 Å². The first-order valence-electron chi connectivity index (χ1n) is 6.60. The first-order chi connectivity index (χ1) is 9.77. The Morgan fingerprint density at radius 1 is 1.33 bits per heavy atom. The van der Waals surface area contributed by atoms with E-state index in [9.17, 15) is 18.0 Å². The highest BCUT2D eigenvalue weighted by Gasteiger charge is 2.43. The molecule has 0 heterocycles. The van der Waals surface area contributed by atoms with E-state index in [4.69, 9.17) is 11.6 Å². The van der Waals surface area contributed by atoms with E-state index in [1.807, 2.05) is 0 Å². The van der Waals surface area contributed by atoms with Crippen molar-refractivity contribution in [1.29, 1.82) is 0 Å². The molecule has 2 rings (SSSR count). The minimum absolute atomic E-state index is 0.109. The smallest absolute Gasteiger partial charge is 0.326 e. The lowest BCUT2D eigenvalue weighted by Crippen LogP contribution is -2.34. The number of amides is 1. The summed E-state index contributed by atoms with van der Waals surface area (Å²) in [4.78, 5) is 12.1. The number of carbonyl (C=O) groups excluding carboxylic acids is 1. The van der Waals surface area contributed by atoms with E-state index >= 15 is 0 Å². The van der Waals surface area contributed by atoms with Crippen molar-refractivity contribution in [2.24, 2.45) is 11.8 Å². The van der Waals surface area contributed by atoms with Crippen molar-refractivity contribution in [3.8, 4) is 0 Å². The van der Waals surface area contributed by atoms with Gasteiger partial charge < -0.3 is 5.32 Å². The quantitative estimate of drug-likeness (QED) is 0.726. The summed E-state index contributed by atoms with van der Waals surface area (Å²) in [5.74, 6) is -2.36. The molecule has 1 saturated carbocycles. The Hall–Kier alpha value is -0.750. The normalized spacial score (nSPS) is 22.9. The number of hydrogen-bond donors (Lipinski definition) is 1. The second-order valence-electron chi connectivity index (χ2n) is 5.22. The maximum Gasteiger partial charge on any atom is 0.391 e. The third-order valence-corrected chi connectivity index (χ3v) is 4.93. The Morgan fingerprint density at radius 2 is 2.05 bits per heavy atom. The fourth-order valence-corrected chi connectivity index (χ4v) is 2.97. The van der Waals surface area contributed by atoms with Crippen molar-refractivity contribution in [2.75, 3.05) is 5.32 Å². The van der Waals surface area contributed by atoms with Crippen LogP contribution >= 0.6 is 27.5 Å². The van der Waals surface area contributed by atoms with Crippen LogP contribution < -0.4 is 5.32 Å². The molecule has 2 atom stereocenters. The van der Waals surface area contributed by atoms with Gasteiger partial charge in [-0.15, -0.1) is 0 Å². The molecule has 7 heteroatoms. The van der Waals surface area contributed by atoms with Gasteiger partial charge >= 0.3 is 6.18 Å². The van der Waals surface area contributed by atoms with Crippen LogP contribution in [-0.2, 0) is 4.79 Å². The largest absolute Gasteiger partial charge is 0.391 e. The fourth-order valence-electron chi connectivity index (χ4n) is 2.54. The molecule has 2 nitrogen and oxygen atoms in total. The lowest BCUT2D eigenvalue weighted by Gasteiger charge is -2.29. The van der Waals surface area contributed by atoms with Crippen LogP contribution in [0.5, 0.6) is 0 Å². The van der Waals surface area contributed by atoms with E-state index in [2.05, 4.69) is 21.2 Å². The molecule has 21 heavy (non-hydrogen) atoms. The molecule has 0 aliphatic heterocycles. The van der Waals surface area contributed by atoms with Crippen LogP contribution in [0.25, 0.3) is 0 Å².